The molecule has 0 atom stereocenters. The third kappa shape index (κ3) is 4.44. The number of anilines is 1. The van der Waals surface area contributed by atoms with E-state index in [0.717, 1.165) is 28.7 Å². The van der Waals surface area contributed by atoms with Gasteiger partial charge >= 0.3 is 5.69 Å². The number of nitrogens with zero attached hydrogens (tertiary/aromatic N) is 5. The third-order valence-electron chi connectivity index (χ3n) is 5.77. The van der Waals surface area contributed by atoms with Crippen molar-refractivity contribution in [3.63, 3.8) is 0 Å². The highest BCUT2D eigenvalue weighted by molar-refractivity contribution is 7.13. The molecule has 0 unspecified atom stereocenters. The van der Waals surface area contributed by atoms with Crippen LogP contribution in [-0.4, -0.2) is 43.3 Å². The molecule has 11 heteroatoms. The number of nitrogens with one attached hydrogen (secondary N) is 1. The maximum atomic E-state index is 13.4. The molecule has 0 aliphatic heterocycles. The Morgan fingerprint density at radius 2 is 2.00 bits per heavy atom. The molecule has 5 rings (SSSR count). The molecule has 10 nitrogen and oxygen atoms in total. The summed E-state index contributed by atoms with van der Waals surface area (Å²) in [6, 6.07) is 9.43. The quantitative estimate of drug-likeness (QED) is 0.392. The van der Waals surface area contributed by atoms with Crippen molar-refractivity contribution in [2.24, 2.45) is 0 Å². The predicted molar refractivity (Wildman–Crippen MR) is 128 cm³/mol. The standard InChI is InChI=1S/C23H24N6O4S/c1-33-10-9-27-14-24-20-19(27)21(31)29(23(32)28(20)11-15-5-3-2-4-6-15)12-18(30)26-22-25-17(13-34-22)16-7-8-16/h2-6,13-14,16H,7-12H2,1H3,(H,25,26,30). The maximum absolute atomic E-state index is 13.4. The van der Waals surface area contributed by atoms with Crippen LogP contribution in [0.3, 0.4) is 0 Å². The lowest BCUT2D eigenvalue weighted by molar-refractivity contribution is -0.116. The van der Waals surface area contributed by atoms with Gasteiger partial charge in [-0.05, 0) is 18.4 Å². The summed E-state index contributed by atoms with van der Waals surface area (Å²) in [7, 11) is 1.57. The molecule has 1 N–H and O–H groups in total. The van der Waals surface area contributed by atoms with Gasteiger partial charge < -0.3 is 14.6 Å². The monoisotopic (exact) mass is 480 g/mol. The molecule has 1 aliphatic carbocycles. The zero-order valence-electron chi connectivity index (χ0n) is 18.6. The number of methoxy groups -OCH3 is 1. The highest BCUT2D eigenvalue weighted by atomic mass is 32.1. The Balaban J connectivity index is 1.51. The van der Waals surface area contributed by atoms with Crippen LogP contribution in [0.25, 0.3) is 11.2 Å². The van der Waals surface area contributed by atoms with Crippen LogP contribution in [0.5, 0.6) is 0 Å². The first-order valence-electron chi connectivity index (χ1n) is 11.0. The average molecular weight is 481 g/mol. The zero-order chi connectivity index (χ0) is 23.7. The van der Waals surface area contributed by atoms with Crippen LogP contribution in [0.1, 0.15) is 30.0 Å². The number of fused-ring (bicyclic) bond motifs is 1. The van der Waals surface area contributed by atoms with Crippen molar-refractivity contribution in [3.8, 4) is 0 Å². The number of aromatic nitrogens is 5. The van der Waals surface area contributed by atoms with Crippen LogP contribution in [0.4, 0.5) is 5.13 Å². The van der Waals surface area contributed by atoms with E-state index in [2.05, 4.69) is 15.3 Å². The summed E-state index contributed by atoms with van der Waals surface area (Å²) < 4.78 is 9.18. The smallest absolute Gasteiger partial charge is 0.333 e. The van der Waals surface area contributed by atoms with Gasteiger partial charge in [-0.2, -0.15) is 0 Å². The first-order valence-corrected chi connectivity index (χ1v) is 11.9. The number of ether oxygens (including phenoxy) is 1. The molecule has 1 saturated carbocycles. The zero-order valence-corrected chi connectivity index (χ0v) is 19.5. The largest absolute Gasteiger partial charge is 0.383 e. The maximum Gasteiger partial charge on any atom is 0.333 e. The van der Waals surface area contributed by atoms with E-state index in [1.165, 1.54) is 22.2 Å². The van der Waals surface area contributed by atoms with E-state index < -0.39 is 23.7 Å². The van der Waals surface area contributed by atoms with Crippen LogP contribution in [0, 0.1) is 0 Å². The minimum absolute atomic E-state index is 0.219. The summed E-state index contributed by atoms with van der Waals surface area (Å²) in [6.07, 6.45) is 3.75. The molecule has 3 aromatic heterocycles. The van der Waals surface area contributed by atoms with Gasteiger partial charge in [-0.15, -0.1) is 11.3 Å². The van der Waals surface area contributed by atoms with Gasteiger partial charge in [0.2, 0.25) is 5.91 Å². The van der Waals surface area contributed by atoms with E-state index in [1.54, 1.807) is 11.7 Å². The molecule has 1 amide bonds. The molecule has 0 radical (unpaired) electrons. The normalized spacial score (nSPS) is 13.4. The van der Waals surface area contributed by atoms with E-state index in [0.29, 0.717) is 24.2 Å². The van der Waals surface area contributed by atoms with E-state index in [1.807, 2.05) is 35.7 Å². The molecule has 3 heterocycles. The number of hydrogen-bond donors (Lipinski definition) is 1. The Morgan fingerprint density at radius 3 is 2.74 bits per heavy atom. The second-order valence-electron chi connectivity index (χ2n) is 8.25. The average Bonchev–Trinajstić information content (AvgIpc) is 3.44. The van der Waals surface area contributed by atoms with Gasteiger partial charge in [0.05, 0.1) is 25.2 Å². The van der Waals surface area contributed by atoms with Gasteiger partial charge in [-0.25, -0.2) is 19.3 Å². The Bertz CT molecular complexity index is 1450. The van der Waals surface area contributed by atoms with Crippen LogP contribution >= 0.6 is 11.3 Å². The highest BCUT2D eigenvalue weighted by Gasteiger charge is 2.26. The molecule has 1 aliphatic rings. The van der Waals surface area contributed by atoms with Crippen molar-refractivity contribution in [3.05, 3.63) is 74.1 Å². The first kappa shape index (κ1) is 22.2. The second kappa shape index (κ2) is 9.35. The Labute approximate surface area is 198 Å². The van der Waals surface area contributed by atoms with Crippen molar-refractivity contribution >= 4 is 33.5 Å². The molecule has 1 fully saturated rings. The van der Waals surface area contributed by atoms with Gasteiger partial charge in [0.25, 0.3) is 5.56 Å². The van der Waals surface area contributed by atoms with Crippen molar-refractivity contribution in [2.45, 2.75) is 38.4 Å². The lowest BCUT2D eigenvalue weighted by atomic mass is 10.2. The predicted octanol–water partition coefficient (Wildman–Crippen LogP) is 2.03. The van der Waals surface area contributed by atoms with Gasteiger partial charge in [0.1, 0.15) is 6.54 Å². The second-order valence-corrected chi connectivity index (χ2v) is 9.11. The van der Waals surface area contributed by atoms with Crippen LogP contribution in [-0.2, 0) is 29.2 Å². The number of carbonyl (C=O) groups excluding carboxylic acids is 1. The molecule has 0 spiro atoms. The van der Waals surface area contributed by atoms with E-state index >= 15 is 0 Å². The number of rotatable bonds is 9. The fraction of sp³-hybridized carbons (Fsp3) is 0.348. The molecule has 4 aromatic rings. The fourth-order valence-electron chi connectivity index (χ4n) is 3.86. The van der Waals surface area contributed by atoms with E-state index in [9.17, 15) is 14.4 Å². The number of benzene rings is 1. The van der Waals surface area contributed by atoms with Gasteiger partial charge in [0.15, 0.2) is 16.3 Å². The molecule has 0 bridgehead atoms. The number of imidazole rings is 1. The number of hydrogen-bond acceptors (Lipinski definition) is 7. The summed E-state index contributed by atoms with van der Waals surface area (Å²) in [6.45, 7) is 0.560. The SMILES string of the molecule is COCCn1cnc2c1c(=O)n(CC(=O)Nc1nc(C3CC3)cs1)c(=O)n2Cc1ccccc1. The van der Waals surface area contributed by atoms with E-state index in [-0.39, 0.29) is 17.7 Å². The highest BCUT2D eigenvalue weighted by Crippen LogP contribution is 2.40. The van der Waals surface area contributed by atoms with Gasteiger partial charge in [-0.3, -0.25) is 14.2 Å². The molecule has 176 valence electrons. The van der Waals surface area contributed by atoms with Crippen molar-refractivity contribution in [1.29, 1.82) is 0 Å². The fourth-order valence-corrected chi connectivity index (χ4v) is 4.67. The van der Waals surface area contributed by atoms with Crippen molar-refractivity contribution < 1.29 is 9.53 Å². The summed E-state index contributed by atoms with van der Waals surface area (Å²) >= 11 is 1.34. The van der Waals surface area contributed by atoms with Crippen LogP contribution < -0.4 is 16.6 Å². The van der Waals surface area contributed by atoms with Crippen LogP contribution in [0.2, 0.25) is 0 Å². The topological polar surface area (TPSA) is 113 Å². The summed E-state index contributed by atoms with van der Waals surface area (Å²) in [5.41, 5.74) is 1.23. The van der Waals surface area contributed by atoms with Gasteiger partial charge in [-0.1, -0.05) is 30.3 Å². The summed E-state index contributed by atoms with van der Waals surface area (Å²) in [5.74, 6) is -0.00558. The summed E-state index contributed by atoms with van der Waals surface area (Å²) in [4.78, 5) is 48.3. The molecule has 34 heavy (non-hydrogen) atoms. The minimum Gasteiger partial charge on any atom is -0.383 e. The Hall–Kier alpha value is -3.57. The lowest BCUT2D eigenvalue weighted by Gasteiger charge is -2.12. The number of thiazole rings is 1. The van der Waals surface area contributed by atoms with Crippen molar-refractivity contribution in [2.75, 3.05) is 19.0 Å². The summed E-state index contributed by atoms with van der Waals surface area (Å²) in [5, 5.41) is 5.13. The Kier molecular flexibility index (Phi) is 6.12. The molecule has 1 aromatic carbocycles. The van der Waals surface area contributed by atoms with Crippen molar-refractivity contribution in [1.82, 2.24) is 23.7 Å². The third-order valence-corrected chi connectivity index (χ3v) is 6.55. The Morgan fingerprint density at radius 1 is 1.21 bits per heavy atom. The minimum atomic E-state index is -0.591. The lowest BCUT2D eigenvalue weighted by Crippen LogP contribution is -2.43. The molecular formula is C23H24N6O4S. The van der Waals surface area contributed by atoms with Gasteiger partial charge in [0, 0.05) is 25.0 Å². The first-order chi connectivity index (χ1) is 16.5. The molecular weight excluding hydrogens is 456 g/mol. The number of amides is 1. The number of carbonyl (C=O) groups is 1. The molecule has 0 saturated heterocycles. The van der Waals surface area contributed by atoms with Crippen LogP contribution in [0.15, 0.2) is 51.6 Å². The van der Waals surface area contributed by atoms with E-state index in [4.69, 9.17) is 4.74 Å².